The number of carbonyl (C=O) groups excluding carboxylic acids is 1. The number of hydrogen-bond donors (Lipinski definition) is 2. The van der Waals surface area contributed by atoms with Crippen molar-refractivity contribution < 1.29 is 9.42 Å². The van der Waals surface area contributed by atoms with Gasteiger partial charge in [0, 0.05) is 24.5 Å². The largest absolute Gasteiger partial charge is 0.378 e. The Kier molecular flexibility index (Phi) is 6.24. The minimum atomic E-state index is -0.498. The third kappa shape index (κ3) is 4.43. The lowest BCUT2D eigenvalue weighted by atomic mass is 10.2. The molecule has 152 valence electrons. The maximum absolute atomic E-state index is 12.8. The zero-order chi connectivity index (χ0) is 20.8. The molecule has 3 aromatic rings. The minimum Gasteiger partial charge on any atom is -0.378 e. The molecular weight excluding hydrogens is 376 g/mol. The summed E-state index contributed by atoms with van der Waals surface area (Å²) in [6.07, 6.45) is 3.31. The molecule has 3 rings (SSSR count). The molecule has 0 unspecified atom stereocenters. The molecule has 0 atom stereocenters. The van der Waals surface area contributed by atoms with Crippen LogP contribution in [0.5, 0.6) is 0 Å². The number of rotatable bonds is 8. The Balaban J connectivity index is 1.90. The van der Waals surface area contributed by atoms with Gasteiger partial charge in [0.05, 0.1) is 11.4 Å². The number of hydrazone groups is 1. The Morgan fingerprint density at radius 1 is 1.28 bits per heavy atom. The first-order valence-corrected chi connectivity index (χ1v) is 9.05. The summed E-state index contributed by atoms with van der Waals surface area (Å²) in [5, 5.41) is 19.5. The first-order valence-electron chi connectivity index (χ1n) is 9.05. The fraction of sp³-hybridized carbons (Fsp3) is 0.353. The smallest absolute Gasteiger partial charge is 0.293 e. The molecule has 0 aliphatic carbocycles. The summed E-state index contributed by atoms with van der Waals surface area (Å²) in [6.45, 7) is 7.77. The predicted octanol–water partition coefficient (Wildman–Crippen LogP) is 0.623. The van der Waals surface area contributed by atoms with Gasteiger partial charge in [-0.3, -0.25) is 14.7 Å². The number of nitrogens with zero attached hydrogens (tertiary/aromatic N) is 8. The zero-order valence-electron chi connectivity index (χ0n) is 16.4. The summed E-state index contributed by atoms with van der Waals surface area (Å²) in [7, 11) is 0. The zero-order valence-corrected chi connectivity index (χ0v) is 16.4. The van der Waals surface area contributed by atoms with E-state index < -0.39 is 5.91 Å². The molecule has 12 heteroatoms. The van der Waals surface area contributed by atoms with Gasteiger partial charge in [0.15, 0.2) is 5.69 Å². The fourth-order valence-electron chi connectivity index (χ4n) is 2.63. The summed E-state index contributed by atoms with van der Waals surface area (Å²) < 4.78 is 6.01. The van der Waals surface area contributed by atoms with Crippen LogP contribution >= 0.6 is 0 Å². The molecule has 29 heavy (non-hydrogen) atoms. The van der Waals surface area contributed by atoms with E-state index >= 15 is 0 Å². The van der Waals surface area contributed by atoms with Gasteiger partial charge in [-0.15, -0.1) is 5.10 Å². The van der Waals surface area contributed by atoms with E-state index in [0.29, 0.717) is 18.0 Å². The van der Waals surface area contributed by atoms with Crippen LogP contribution in [0.1, 0.15) is 42.5 Å². The van der Waals surface area contributed by atoms with Crippen LogP contribution in [0.3, 0.4) is 0 Å². The number of nitrogens with one attached hydrogen (secondary N) is 1. The van der Waals surface area contributed by atoms with E-state index in [9.17, 15) is 4.79 Å². The Hall–Kier alpha value is -3.67. The Morgan fingerprint density at radius 3 is 2.62 bits per heavy atom. The van der Waals surface area contributed by atoms with Gasteiger partial charge in [0.1, 0.15) is 0 Å². The van der Waals surface area contributed by atoms with Crippen LogP contribution in [0.2, 0.25) is 0 Å². The molecule has 3 N–H and O–H groups in total. The van der Waals surface area contributed by atoms with E-state index in [-0.39, 0.29) is 17.3 Å². The lowest BCUT2D eigenvalue weighted by molar-refractivity contribution is 0.0947. The van der Waals surface area contributed by atoms with Gasteiger partial charge < -0.3 is 5.73 Å². The second-order valence-electron chi connectivity index (χ2n) is 6.11. The van der Waals surface area contributed by atoms with Crippen molar-refractivity contribution in [3.8, 4) is 5.82 Å². The molecule has 0 bridgehead atoms. The Morgan fingerprint density at radius 2 is 2.00 bits per heavy atom. The molecule has 0 spiro atoms. The van der Waals surface area contributed by atoms with Crippen molar-refractivity contribution in [3.63, 3.8) is 0 Å². The predicted molar refractivity (Wildman–Crippen MR) is 104 cm³/mol. The van der Waals surface area contributed by atoms with Gasteiger partial charge in [0.2, 0.25) is 11.6 Å². The standard InChI is InChI=1S/C17H22N10O2/c1-4-26(5-2)10-13-14(21-25-27(13)16-15(18)23-29-24-16)17(28)22-20-11(3)12-6-8-19-9-7-12/h6-9H,4-5,10H2,1-3H3,(H2,18,23)(H,22,28)/b20-11+. The SMILES string of the molecule is CCN(CC)Cc1c(C(=O)N/N=C(\C)c2ccncc2)nnn1-c1nonc1N. The van der Waals surface area contributed by atoms with Crippen molar-refractivity contribution in [2.75, 3.05) is 18.8 Å². The fourth-order valence-corrected chi connectivity index (χ4v) is 2.63. The van der Waals surface area contributed by atoms with Gasteiger partial charge in [0.25, 0.3) is 5.91 Å². The summed E-state index contributed by atoms with van der Waals surface area (Å²) in [5.41, 5.74) is 10.4. The summed E-state index contributed by atoms with van der Waals surface area (Å²) in [6, 6.07) is 3.60. The Labute approximate surface area is 166 Å². The second-order valence-corrected chi connectivity index (χ2v) is 6.11. The highest BCUT2D eigenvalue weighted by Crippen LogP contribution is 2.17. The van der Waals surface area contributed by atoms with Crippen LogP contribution < -0.4 is 11.2 Å². The molecule has 3 aromatic heterocycles. The first kappa shape index (κ1) is 20.1. The summed E-state index contributed by atoms with van der Waals surface area (Å²) in [4.78, 5) is 18.8. The monoisotopic (exact) mass is 398 g/mol. The number of amides is 1. The molecule has 0 aromatic carbocycles. The number of carbonyl (C=O) groups is 1. The second kappa shape index (κ2) is 9.01. The molecular formula is C17H22N10O2. The Bertz CT molecular complexity index is 991. The average Bonchev–Trinajstić information content (AvgIpc) is 3.36. The van der Waals surface area contributed by atoms with Crippen LogP contribution in [0, 0.1) is 0 Å². The van der Waals surface area contributed by atoms with Crippen LogP contribution in [-0.4, -0.2) is 59.9 Å². The quantitative estimate of drug-likeness (QED) is 0.410. The van der Waals surface area contributed by atoms with E-state index in [1.165, 1.54) is 4.68 Å². The van der Waals surface area contributed by atoms with E-state index in [2.05, 4.69) is 45.7 Å². The van der Waals surface area contributed by atoms with Crippen LogP contribution in [0.4, 0.5) is 5.82 Å². The highest BCUT2D eigenvalue weighted by molar-refractivity contribution is 6.00. The van der Waals surface area contributed by atoms with Crippen molar-refractivity contribution in [3.05, 3.63) is 41.5 Å². The van der Waals surface area contributed by atoms with Crippen LogP contribution in [0.15, 0.2) is 34.3 Å². The van der Waals surface area contributed by atoms with E-state index in [1.807, 2.05) is 13.8 Å². The highest BCUT2D eigenvalue weighted by atomic mass is 16.6. The van der Waals surface area contributed by atoms with Crippen molar-refractivity contribution in [1.29, 1.82) is 0 Å². The van der Waals surface area contributed by atoms with Gasteiger partial charge >= 0.3 is 0 Å². The number of aromatic nitrogens is 6. The van der Waals surface area contributed by atoms with Gasteiger partial charge in [-0.2, -0.15) is 9.78 Å². The van der Waals surface area contributed by atoms with Crippen molar-refractivity contribution in [2.24, 2.45) is 5.10 Å². The normalized spacial score (nSPS) is 11.8. The van der Waals surface area contributed by atoms with E-state index in [0.717, 1.165) is 18.7 Å². The molecule has 0 saturated heterocycles. The van der Waals surface area contributed by atoms with Crippen molar-refractivity contribution >= 4 is 17.4 Å². The lowest BCUT2D eigenvalue weighted by Crippen LogP contribution is -2.27. The number of nitrogens with two attached hydrogens (primary N) is 1. The van der Waals surface area contributed by atoms with Gasteiger partial charge in [-0.05, 0) is 42.5 Å². The van der Waals surface area contributed by atoms with E-state index in [1.54, 1.807) is 31.5 Å². The topological polar surface area (TPSA) is 153 Å². The first-order chi connectivity index (χ1) is 14.0. The number of pyridine rings is 1. The number of hydrogen-bond acceptors (Lipinski definition) is 10. The molecule has 12 nitrogen and oxygen atoms in total. The molecule has 1 amide bonds. The number of anilines is 1. The maximum atomic E-state index is 12.8. The van der Waals surface area contributed by atoms with Crippen LogP contribution in [0.25, 0.3) is 5.82 Å². The molecule has 0 fully saturated rings. The number of nitrogen functional groups attached to an aromatic ring is 1. The van der Waals surface area contributed by atoms with Gasteiger partial charge in [-0.25, -0.2) is 10.1 Å². The van der Waals surface area contributed by atoms with Crippen LogP contribution in [-0.2, 0) is 6.54 Å². The lowest BCUT2D eigenvalue weighted by Gasteiger charge is -2.18. The van der Waals surface area contributed by atoms with Crippen molar-refractivity contribution in [2.45, 2.75) is 27.3 Å². The molecule has 0 radical (unpaired) electrons. The third-order valence-electron chi connectivity index (χ3n) is 4.37. The third-order valence-corrected chi connectivity index (χ3v) is 4.37. The van der Waals surface area contributed by atoms with Gasteiger partial charge in [-0.1, -0.05) is 19.1 Å². The summed E-state index contributed by atoms with van der Waals surface area (Å²) >= 11 is 0. The molecule has 0 aliphatic heterocycles. The molecule has 0 aliphatic rings. The maximum Gasteiger partial charge on any atom is 0.293 e. The molecule has 3 heterocycles. The molecule has 0 saturated carbocycles. The van der Waals surface area contributed by atoms with E-state index in [4.69, 9.17) is 5.73 Å². The van der Waals surface area contributed by atoms with Crippen molar-refractivity contribution in [1.82, 2.24) is 40.6 Å². The minimum absolute atomic E-state index is 0.0502. The summed E-state index contributed by atoms with van der Waals surface area (Å²) in [5.74, 6) is -0.272. The average molecular weight is 398 g/mol. The highest BCUT2D eigenvalue weighted by Gasteiger charge is 2.25.